The van der Waals surface area contributed by atoms with Crippen LogP contribution in [0.2, 0.25) is 5.02 Å². The number of hydrogen-bond donors (Lipinski definition) is 1. The maximum Gasteiger partial charge on any atom is 0.196 e. The summed E-state index contributed by atoms with van der Waals surface area (Å²) in [5.41, 5.74) is 8.06. The number of halogens is 3. The van der Waals surface area contributed by atoms with Crippen LogP contribution in [-0.2, 0) is 0 Å². The Labute approximate surface area is 144 Å². The van der Waals surface area contributed by atoms with Crippen LogP contribution in [0.15, 0.2) is 50.6 Å². The van der Waals surface area contributed by atoms with Crippen molar-refractivity contribution in [2.24, 2.45) is 10.7 Å². The first-order valence-electron chi connectivity index (χ1n) is 6.21. The van der Waals surface area contributed by atoms with Crippen molar-refractivity contribution >= 4 is 55.1 Å². The molecule has 1 aromatic carbocycles. The van der Waals surface area contributed by atoms with E-state index in [2.05, 4.69) is 41.8 Å². The van der Waals surface area contributed by atoms with Crippen LogP contribution >= 0.6 is 43.5 Å². The molecule has 0 aliphatic carbocycles. The maximum atomic E-state index is 6.06. The molecule has 2 aromatic rings. The maximum absolute atomic E-state index is 6.06. The summed E-state index contributed by atoms with van der Waals surface area (Å²) in [4.78, 5) is 10.6. The Morgan fingerprint density at radius 2 is 2.05 bits per heavy atom. The first-order chi connectivity index (χ1) is 10.1. The fraction of sp³-hybridized carbons (Fsp3) is 0.143. The molecule has 7 heteroatoms. The van der Waals surface area contributed by atoms with Gasteiger partial charge in [-0.3, -0.25) is 9.98 Å². The molecule has 0 fully saturated rings. The third-order valence-corrected chi connectivity index (χ3v) is 4.92. The normalized spacial score (nSPS) is 18.0. The largest absolute Gasteiger partial charge is 0.369 e. The summed E-state index contributed by atoms with van der Waals surface area (Å²) >= 11 is 12.9. The van der Waals surface area contributed by atoms with Gasteiger partial charge in [-0.05, 0) is 61.7 Å². The second kappa shape index (κ2) is 5.94. The van der Waals surface area contributed by atoms with Crippen LogP contribution in [-0.4, -0.2) is 17.5 Å². The van der Waals surface area contributed by atoms with E-state index in [4.69, 9.17) is 17.3 Å². The molecule has 1 unspecified atom stereocenters. The highest BCUT2D eigenvalue weighted by atomic mass is 79.9. The van der Waals surface area contributed by atoms with Gasteiger partial charge in [-0.15, -0.1) is 0 Å². The van der Waals surface area contributed by atoms with Crippen LogP contribution < -0.4 is 10.6 Å². The van der Waals surface area contributed by atoms with Crippen LogP contribution in [0.25, 0.3) is 0 Å². The number of anilines is 1. The molecule has 0 saturated carbocycles. The Kier molecular flexibility index (Phi) is 4.19. The summed E-state index contributed by atoms with van der Waals surface area (Å²) in [6, 6.07) is 7.77. The summed E-state index contributed by atoms with van der Waals surface area (Å²) in [5, 5.41) is 0.661. The van der Waals surface area contributed by atoms with Gasteiger partial charge in [-0.25, -0.2) is 0 Å². The molecule has 2 N–H and O–H groups in total. The number of aromatic nitrogens is 1. The molecule has 1 aliphatic rings. The highest BCUT2D eigenvalue weighted by molar-refractivity contribution is 9.10. The van der Waals surface area contributed by atoms with Crippen molar-refractivity contribution in [3.8, 4) is 0 Å². The van der Waals surface area contributed by atoms with Gasteiger partial charge in [0.2, 0.25) is 0 Å². The molecule has 1 aliphatic heterocycles. The number of hydrogen-bond acceptors (Lipinski definition) is 4. The van der Waals surface area contributed by atoms with E-state index in [0.29, 0.717) is 17.5 Å². The molecule has 4 nitrogen and oxygen atoms in total. The minimum absolute atomic E-state index is 0.0306. The van der Waals surface area contributed by atoms with E-state index in [-0.39, 0.29) is 6.04 Å². The molecule has 0 amide bonds. The summed E-state index contributed by atoms with van der Waals surface area (Å²) < 4.78 is 1.76. The van der Waals surface area contributed by atoms with Gasteiger partial charge in [-0.2, -0.15) is 0 Å². The van der Waals surface area contributed by atoms with Gasteiger partial charge in [0, 0.05) is 27.0 Å². The van der Waals surface area contributed by atoms with E-state index in [0.717, 1.165) is 20.2 Å². The molecule has 3 rings (SSSR count). The van der Waals surface area contributed by atoms with E-state index in [1.807, 2.05) is 35.4 Å². The highest BCUT2D eigenvalue weighted by Crippen LogP contribution is 2.35. The summed E-state index contributed by atoms with van der Waals surface area (Å²) in [6.45, 7) is 0.601. The summed E-state index contributed by atoms with van der Waals surface area (Å²) in [7, 11) is 0. The lowest BCUT2D eigenvalue weighted by molar-refractivity contribution is 0.763. The number of rotatable bonds is 2. The minimum atomic E-state index is 0.0306. The molecule has 1 atom stereocenters. The number of aliphatic imine (C=N–C) groups is 1. The van der Waals surface area contributed by atoms with E-state index in [1.165, 1.54) is 0 Å². The van der Waals surface area contributed by atoms with E-state index < -0.39 is 0 Å². The fourth-order valence-electron chi connectivity index (χ4n) is 2.31. The zero-order valence-electron chi connectivity index (χ0n) is 10.8. The number of guanidine groups is 1. The molecule has 0 radical (unpaired) electrons. The number of nitrogens with two attached hydrogens (primary N) is 1. The lowest BCUT2D eigenvalue weighted by Crippen LogP contribution is -2.36. The lowest BCUT2D eigenvalue weighted by atomic mass is 10.1. The molecule has 0 bridgehead atoms. The van der Waals surface area contributed by atoms with Crippen LogP contribution in [0.1, 0.15) is 11.6 Å². The van der Waals surface area contributed by atoms with Crippen LogP contribution in [0, 0.1) is 0 Å². The quantitative estimate of drug-likeness (QED) is 0.779. The SMILES string of the molecule is NC1=NCC(c2cncc(Br)c2)N1c1ccc(Cl)c(Br)c1. The van der Waals surface area contributed by atoms with Gasteiger partial charge in [0.25, 0.3) is 0 Å². The zero-order valence-corrected chi connectivity index (χ0v) is 14.7. The van der Waals surface area contributed by atoms with Crippen molar-refractivity contribution in [2.75, 3.05) is 11.4 Å². The fourth-order valence-corrected chi connectivity index (χ4v) is 3.18. The van der Waals surface area contributed by atoms with E-state index in [1.54, 1.807) is 6.20 Å². The van der Waals surface area contributed by atoms with Gasteiger partial charge in [0.1, 0.15) is 0 Å². The molecule has 0 spiro atoms. The smallest absolute Gasteiger partial charge is 0.196 e. The Hall–Kier alpha value is -1.11. The van der Waals surface area contributed by atoms with Crippen LogP contribution in [0.5, 0.6) is 0 Å². The average molecular weight is 431 g/mol. The second-order valence-electron chi connectivity index (χ2n) is 4.62. The Morgan fingerprint density at radius 3 is 2.76 bits per heavy atom. The molecule has 21 heavy (non-hydrogen) atoms. The van der Waals surface area contributed by atoms with Crippen LogP contribution in [0.4, 0.5) is 5.69 Å². The minimum Gasteiger partial charge on any atom is -0.369 e. The highest BCUT2D eigenvalue weighted by Gasteiger charge is 2.29. The van der Waals surface area contributed by atoms with Gasteiger partial charge in [-0.1, -0.05) is 11.6 Å². The van der Waals surface area contributed by atoms with Crippen molar-refractivity contribution in [1.82, 2.24) is 4.98 Å². The third kappa shape index (κ3) is 2.93. The second-order valence-corrected chi connectivity index (χ2v) is 6.80. The Balaban J connectivity index is 2.01. The van der Waals surface area contributed by atoms with Gasteiger partial charge >= 0.3 is 0 Å². The predicted octanol–water partition coefficient (Wildman–Crippen LogP) is 4.14. The predicted molar refractivity (Wildman–Crippen MR) is 92.8 cm³/mol. The van der Waals surface area contributed by atoms with Crippen molar-refractivity contribution in [3.05, 3.63) is 56.2 Å². The first kappa shape index (κ1) is 14.8. The van der Waals surface area contributed by atoms with E-state index >= 15 is 0 Å². The molecule has 1 aromatic heterocycles. The molecule has 108 valence electrons. The summed E-state index contributed by atoms with van der Waals surface area (Å²) in [5.74, 6) is 0.495. The number of pyridine rings is 1. The Morgan fingerprint density at radius 1 is 1.24 bits per heavy atom. The third-order valence-electron chi connectivity index (χ3n) is 3.28. The zero-order chi connectivity index (χ0) is 15.0. The standard InChI is InChI=1S/C14H11Br2ClN4/c15-9-3-8(5-19-6-9)13-7-20-14(18)21(13)10-1-2-12(17)11(16)4-10/h1-6,13H,7H2,(H2,18,20). The van der Waals surface area contributed by atoms with Gasteiger partial charge in [0.15, 0.2) is 5.96 Å². The van der Waals surface area contributed by atoms with E-state index in [9.17, 15) is 0 Å². The molecule has 2 heterocycles. The summed E-state index contributed by atoms with van der Waals surface area (Å²) in [6.07, 6.45) is 3.59. The topological polar surface area (TPSA) is 54.5 Å². The van der Waals surface area contributed by atoms with Crippen molar-refractivity contribution in [1.29, 1.82) is 0 Å². The van der Waals surface area contributed by atoms with Crippen molar-refractivity contribution in [3.63, 3.8) is 0 Å². The Bertz CT molecular complexity index is 720. The molecular formula is C14H11Br2ClN4. The van der Waals surface area contributed by atoms with Crippen LogP contribution in [0.3, 0.4) is 0 Å². The number of benzene rings is 1. The average Bonchev–Trinajstić information content (AvgIpc) is 2.84. The monoisotopic (exact) mass is 428 g/mol. The van der Waals surface area contributed by atoms with Gasteiger partial charge in [0.05, 0.1) is 17.6 Å². The first-order valence-corrected chi connectivity index (χ1v) is 8.17. The molecule has 0 saturated heterocycles. The van der Waals surface area contributed by atoms with Gasteiger partial charge < -0.3 is 10.6 Å². The van der Waals surface area contributed by atoms with Crippen molar-refractivity contribution in [2.45, 2.75) is 6.04 Å². The van der Waals surface area contributed by atoms with Crippen molar-refractivity contribution < 1.29 is 0 Å². The number of nitrogens with zero attached hydrogens (tertiary/aromatic N) is 3. The lowest BCUT2D eigenvalue weighted by Gasteiger charge is -2.26. The molecular weight excluding hydrogens is 419 g/mol.